The summed E-state index contributed by atoms with van der Waals surface area (Å²) in [5.74, 6) is -1.20. The third kappa shape index (κ3) is 12.3. The lowest BCUT2D eigenvalue weighted by Crippen LogP contribution is -2.65. The molecule has 0 radical (unpaired) electrons. The molecule has 23 nitrogen and oxygen atoms in total. The minimum absolute atomic E-state index is 0.0135. The van der Waals surface area contributed by atoms with Gasteiger partial charge in [-0.15, -0.1) is 0 Å². The second kappa shape index (κ2) is 24.2. The summed E-state index contributed by atoms with van der Waals surface area (Å²) >= 11 is 6.31. The molecule has 3 aliphatic heterocycles. The third-order valence-electron chi connectivity index (χ3n) is 15.2. The van der Waals surface area contributed by atoms with Crippen LogP contribution in [-0.4, -0.2) is 127 Å². The molecule has 0 aliphatic carbocycles. The lowest BCUT2D eigenvalue weighted by molar-refractivity contribution is -0.0590. The van der Waals surface area contributed by atoms with Crippen LogP contribution in [0.3, 0.4) is 0 Å². The minimum Gasteiger partial charge on any atom is -0.414 e. The Labute approximate surface area is 467 Å². The second-order valence-corrected chi connectivity index (χ2v) is 39.9. The van der Waals surface area contributed by atoms with Crippen molar-refractivity contribution in [3.8, 4) is 6.07 Å². The summed E-state index contributed by atoms with van der Waals surface area (Å²) in [6, 6.07) is 10.6. The maximum atomic E-state index is 16.0. The Morgan fingerprint density at radius 2 is 1.65 bits per heavy atom. The molecule has 0 bridgehead atoms. The summed E-state index contributed by atoms with van der Waals surface area (Å²) in [5.41, 5.74) is -0.298. The number of carbonyl (C=O) groups is 1. The van der Waals surface area contributed by atoms with E-state index in [1.54, 1.807) is 34.9 Å². The summed E-state index contributed by atoms with van der Waals surface area (Å²) < 4.78 is 101. The van der Waals surface area contributed by atoms with Crippen LogP contribution in [-0.2, 0) is 61.3 Å². The molecule has 3 aliphatic rings. The van der Waals surface area contributed by atoms with Gasteiger partial charge in [0.1, 0.15) is 48.3 Å². The van der Waals surface area contributed by atoms with Gasteiger partial charge in [-0.1, -0.05) is 94.4 Å². The zero-order valence-electron chi connectivity index (χ0n) is 46.6. The van der Waals surface area contributed by atoms with Crippen LogP contribution in [0.15, 0.2) is 60.3 Å². The van der Waals surface area contributed by atoms with E-state index >= 15 is 4.39 Å². The number of nitrogens with one attached hydrogen (secondary N) is 2. The van der Waals surface area contributed by atoms with Gasteiger partial charge >= 0.3 is 32.1 Å². The van der Waals surface area contributed by atoms with Gasteiger partial charge in [-0.25, -0.2) is 24.3 Å². The zero-order valence-corrected chi connectivity index (χ0v) is 52.3. The number of H-pyrrole nitrogens is 1. The molecular formula is C49H72FN9O14P2SSi3. The standard InChI is InChI=1S/C49H72FN9O14P2SSi3/c1-28(2)78(29(3)4)66-24-35-39(72-79(73-78,30(5)6)31(7)8)40(47(68-35)58-22-33(50)36-43(58)53-26-55-46(36)61)70-75(76,64-21-17-20-51)65-23-34-38(69-74(62)63)41(71-77(12,13)49(9,10)11)48(67-34)59-27-56-37-42(52-25-54-44(37)59)57-45(60)32-18-15-14-16-19-32/h14-16,18-19,22,25-31,34-35,38-41,47-48,74H,17,21,23-24H2,1-13H3,(H,62,63)(H,53,55,61)(H,52,54,57,60)/t34-,35-,38-,39-,40-,41-,47-,48-,75?/m1/s1. The minimum atomic E-state index is -4.23. The fourth-order valence-corrected chi connectivity index (χ4v) is 25.3. The fourth-order valence-electron chi connectivity index (χ4n) is 10.2. The summed E-state index contributed by atoms with van der Waals surface area (Å²) in [5, 5.41) is 11.9. The van der Waals surface area contributed by atoms with E-state index in [0.29, 0.717) is 5.56 Å². The van der Waals surface area contributed by atoms with E-state index < -0.39 is 113 Å². The monoisotopic (exact) mass is 1210 g/mol. The Morgan fingerprint density at radius 1 is 0.975 bits per heavy atom. The molecule has 7 heterocycles. The van der Waals surface area contributed by atoms with Crippen LogP contribution in [0.1, 0.15) is 105 Å². The highest BCUT2D eigenvalue weighted by Crippen LogP contribution is 2.58. The van der Waals surface area contributed by atoms with Gasteiger partial charge in [-0.2, -0.15) is 5.26 Å². The second-order valence-electron chi connectivity index (χ2n) is 22.6. The van der Waals surface area contributed by atoms with Gasteiger partial charge in [0.25, 0.3) is 11.5 Å². The Hall–Kier alpha value is -3.83. The number of anilines is 1. The van der Waals surface area contributed by atoms with Crippen LogP contribution >= 0.6 is 15.0 Å². The number of nitrogens with zero attached hydrogens (tertiary/aromatic N) is 7. The Balaban J connectivity index is 1.21. The maximum Gasteiger partial charge on any atom is 0.335 e. The quantitative estimate of drug-likeness (QED) is 0.0371. The SMILES string of the molecule is CC(C)[Si]1(C(C)C)OC[C@H]2O[C@@H](n3cc(F)c4c(=O)[nH]cnc43)[C@H](OP(=S)(OCCC#N)OC[C@H]3O[C@@H](n4cnc5c(NC(=O)c6ccccc6)ncnc54)[C@H](O[Si](C)(C)C(C)(C)C)[C@@H]3O[PH](=O)O)[C@@H]2O[Si](C(C)C)(C(C)C)O1. The molecule has 30 heteroatoms. The molecule has 79 heavy (non-hydrogen) atoms. The number of imidazole rings is 1. The number of nitriles is 1. The number of hydrogen-bond acceptors (Lipinski definition) is 19. The van der Waals surface area contributed by atoms with Gasteiger partial charge in [0.15, 0.2) is 49.2 Å². The van der Waals surface area contributed by atoms with Gasteiger partial charge in [0, 0.05) is 11.8 Å². The highest BCUT2D eigenvalue weighted by molar-refractivity contribution is 8.07. The van der Waals surface area contributed by atoms with Crippen molar-refractivity contribution in [2.24, 2.45) is 0 Å². The van der Waals surface area contributed by atoms with Crippen molar-refractivity contribution in [2.75, 3.05) is 25.1 Å². The lowest BCUT2D eigenvalue weighted by atomic mass is 10.1. The van der Waals surface area contributed by atoms with Crippen molar-refractivity contribution in [3.63, 3.8) is 0 Å². The number of halogens is 1. The van der Waals surface area contributed by atoms with Crippen molar-refractivity contribution in [1.82, 2.24) is 34.1 Å². The van der Waals surface area contributed by atoms with E-state index in [9.17, 15) is 24.3 Å². The fraction of sp³-hybridized carbons (Fsp3) is 0.612. The molecule has 0 saturated carbocycles. The zero-order chi connectivity index (χ0) is 57.6. The molecule has 3 fully saturated rings. The van der Waals surface area contributed by atoms with Crippen molar-refractivity contribution < 1.29 is 63.6 Å². The molecule has 4 aromatic heterocycles. The lowest BCUT2D eigenvalue weighted by Gasteiger charge is -2.51. The van der Waals surface area contributed by atoms with Crippen LogP contribution in [0.25, 0.3) is 22.2 Å². The van der Waals surface area contributed by atoms with E-state index in [1.807, 2.05) is 61.6 Å². The molecule has 3 N–H and O–H groups in total. The van der Waals surface area contributed by atoms with Gasteiger partial charge in [-0.3, -0.25) is 23.2 Å². The number of aromatic nitrogens is 7. The first-order valence-electron chi connectivity index (χ1n) is 26.3. The van der Waals surface area contributed by atoms with Gasteiger partial charge in [-0.05, 0) is 64.2 Å². The highest BCUT2D eigenvalue weighted by atomic mass is 32.5. The molecule has 10 atom stereocenters. The first-order valence-corrected chi connectivity index (χ1v) is 37.0. The van der Waals surface area contributed by atoms with Crippen LogP contribution in [0.5, 0.6) is 0 Å². The van der Waals surface area contributed by atoms with E-state index in [1.165, 1.54) is 17.2 Å². The topological polar surface area (TPSA) is 277 Å². The molecule has 8 rings (SSSR count). The van der Waals surface area contributed by atoms with E-state index in [4.69, 9.17) is 56.8 Å². The molecule has 1 amide bonds. The van der Waals surface area contributed by atoms with E-state index in [2.05, 4.69) is 64.0 Å². The molecule has 0 spiro atoms. The van der Waals surface area contributed by atoms with Crippen molar-refractivity contribution in [2.45, 2.75) is 172 Å². The number of rotatable bonds is 20. The average Bonchev–Trinajstić information content (AvgIpc) is 4.33. The van der Waals surface area contributed by atoms with Crippen molar-refractivity contribution >= 4 is 86.1 Å². The first-order chi connectivity index (χ1) is 37.2. The molecule has 5 aromatic rings. The predicted molar refractivity (Wildman–Crippen MR) is 301 cm³/mol. The number of hydrogen-bond donors (Lipinski definition) is 3. The van der Waals surface area contributed by atoms with Crippen LogP contribution in [0.4, 0.5) is 10.2 Å². The Morgan fingerprint density at radius 3 is 2.28 bits per heavy atom. The molecule has 432 valence electrons. The Bertz CT molecular complexity index is 3150. The number of aromatic amines is 1. The average molecular weight is 1210 g/mol. The van der Waals surface area contributed by atoms with Crippen LogP contribution < -0.4 is 10.9 Å². The third-order valence-corrected chi connectivity index (χ3v) is 32.8. The smallest absolute Gasteiger partial charge is 0.335 e. The summed E-state index contributed by atoms with van der Waals surface area (Å²) in [6.45, 7) is 21.6. The summed E-state index contributed by atoms with van der Waals surface area (Å²) in [7, 11) is -13.1. The van der Waals surface area contributed by atoms with Crippen molar-refractivity contribution in [1.29, 1.82) is 5.26 Å². The normalized spacial score (nSPS) is 25.6. The number of ether oxygens (including phenoxy) is 2. The molecule has 1 aromatic carbocycles. The highest BCUT2D eigenvalue weighted by Gasteiger charge is 2.63. The first kappa shape index (κ1) is 61.2. The number of amides is 1. The van der Waals surface area contributed by atoms with Gasteiger partial charge < -0.3 is 60.2 Å². The molecule has 3 saturated heterocycles. The predicted octanol–water partition coefficient (Wildman–Crippen LogP) is 9.42. The van der Waals surface area contributed by atoms with E-state index in [-0.39, 0.29) is 74.9 Å². The maximum absolute atomic E-state index is 16.0. The number of carbonyl (C=O) groups excluding carboxylic acids is 1. The van der Waals surface area contributed by atoms with Crippen molar-refractivity contribution in [3.05, 3.63) is 77.2 Å². The van der Waals surface area contributed by atoms with E-state index in [0.717, 1.165) is 12.5 Å². The largest absolute Gasteiger partial charge is 0.414 e. The summed E-state index contributed by atoms with van der Waals surface area (Å²) in [4.78, 5) is 57.3. The molecule has 2 unspecified atom stereocenters. The van der Waals surface area contributed by atoms with Crippen LogP contribution in [0, 0.1) is 17.1 Å². The number of fused-ring (bicyclic) bond motifs is 3. The summed E-state index contributed by atoms with van der Waals surface area (Å²) in [6.07, 6.45) is -4.63. The Kier molecular flexibility index (Phi) is 18.7. The number of benzene rings is 1. The van der Waals surface area contributed by atoms with Crippen LogP contribution in [0.2, 0.25) is 40.3 Å². The van der Waals surface area contributed by atoms with Gasteiger partial charge in [0.05, 0.1) is 45.0 Å². The molecular weight excluding hydrogens is 1140 g/mol. The van der Waals surface area contributed by atoms with Gasteiger partial charge in [0.2, 0.25) is 0 Å².